The molecule has 2 aromatic rings. The van der Waals surface area contributed by atoms with Gasteiger partial charge in [-0.2, -0.15) is 10.5 Å². The largest absolute Gasteiger partial charge is 0.494 e. The normalized spacial score (nSPS) is 16.3. The zero-order valence-corrected chi connectivity index (χ0v) is 22.2. The molecule has 2 atom stereocenters. The van der Waals surface area contributed by atoms with Gasteiger partial charge in [-0.05, 0) is 60.1 Å². The Morgan fingerprint density at radius 3 is 1.25 bits per heavy atom. The van der Waals surface area contributed by atoms with Crippen molar-refractivity contribution in [3.05, 3.63) is 59.7 Å². The lowest BCUT2D eigenvalue weighted by atomic mass is 10.0. The second kappa shape index (κ2) is 13.9. The van der Waals surface area contributed by atoms with Gasteiger partial charge in [-0.3, -0.25) is 9.80 Å². The highest BCUT2D eigenvalue weighted by molar-refractivity contribution is 5.33. The van der Waals surface area contributed by atoms with Crippen LogP contribution in [0.25, 0.3) is 0 Å². The Bertz CT molecular complexity index is 914. The van der Waals surface area contributed by atoms with E-state index < -0.39 is 0 Å². The minimum absolute atomic E-state index is 0.306. The fourth-order valence-corrected chi connectivity index (χ4v) is 4.31. The molecule has 0 spiro atoms. The molecule has 1 fully saturated rings. The van der Waals surface area contributed by atoms with Gasteiger partial charge in [0, 0.05) is 26.2 Å². The van der Waals surface area contributed by atoms with Gasteiger partial charge >= 0.3 is 0 Å². The number of piperazine rings is 1. The van der Waals surface area contributed by atoms with Crippen LogP contribution in [0.15, 0.2) is 48.5 Å². The van der Waals surface area contributed by atoms with Gasteiger partial charge in [0.1, 0.15) is 23.6 Å². The van der Waals surface area contributed by atoms with Gasteiger partial charge in [-0.15, -0.1) is 0 Å². The summed E-state index contributed by atoms with van der Waals surface area (Å²) < 4.78 is 11.6. The summed E-state index contributed by atoms with van der Waals surface area (Å²) in [5.41, 5.74) is 1.96. The molecule has 36 heavy (non-hydrogen) atoms. The van der Waals surface area contributed by atoms with Crippen LogP contribution in [0.2, 0.25) is 0 Å². The summed E-state index contributed by atoms with van der Waals surface area (Å²) in [6, 6.07) is 20.1. The van der Waals surface area contributed by atoms with Crippen LogP contribution in [0.3, 0.4) is 0 Å². The molecule has 2 aromatic carbocycles. The summed E-state index contributed by atoms with van der Waals surface area (Å²) >= 11 is 0. The van der Waals surface area contributed by atoms with Gasteiger partial charge in [0.25, 0.3) is 0 Å². The van der Waals surface area contributed by atoms with Crippen LogP contribution in [0.4, 0.5) is 0 Å². The van der Waals surface area contributed by atoms with E-state index >= 15 is 0 Å². The lowest BCUT2D eigenvalue weighted by molar-refractivity contribution is 0.0979. The van der Waals surface area contributed by atoms with Crippen LogP contribution in [-0.4, -0.2) is 49.2 Å². The fourth-order valence-electron chi connectivity index (χ4n) is 4.31. The lowest BCUT2D eigenvalue weighted by Gasteiger charge is -2.38. The van der Waals surface area contributed by atoms with E-state index in [4.69, 9.17) is 9.47 Å². The Labute approximate surface area is 217 Å². The summed E-state index contributed by atoms with van der Waals surface area (Å²) in [5, 5.41) is 19.8. The third-order valence-corrected chi connectivity index (χ3v) is 6.64. The molecule has 0 aromatic heterocycles. The zero-order chi connectivity index (χ0) is 25.9. The monoisotopic (exact) mass is 488 g/mol. The average Bonchev–Trinajstić information content (AvgIpc) is 2.87. The van der Waals surface area contributed by atoms with Crippen molar-refractivity contribution in [1.29, 1.82) is 10.5 Å². The summed E-state index contributed by atoms with van der Waals surface area (Å²) in [4.78, 5) is 4.40. The highest BCUT2D eigenvalue weighted by atomic mass is 16.5. The second-order valence-electron chi connectivity index (χ2n) is 10.3. The third-order valence-electron chi connectivity index (χ3n) is 6.64. The molecule has 192 valence electrons. The highest BCUT2D eigenvalue weighted by Crippen LogP contribution is 2.28. The van der Waals surface area contributed by atoms with E-state index in [1.165, 1.54) is 0 Å². The zero-order valence-electron chi connectivity index (χ0n) is 22.2. The average molecular weight is 489 g/mol. The van der Waals surface area contributed by atoms with E-state index in [1.54, 1.807) is 0 Å². The SMILES string of the molecule is CC(C)CCOc1ccc(C(C#N)N2CCN(C(C#N)c3ccc(OCCC(C)C)cc3)CC2)cc1. The number of benzene rings is 2. The number of hydrogen-bond donors (Lipinski definition) is 0. The molecule has 1 saturated heterocycles. The molecular formula is C30H40N4O2. The molecule has 0 aliphatic carbocycles. The van der Waals surface area contributed by atoms with Crippen molar-refractivity contribution in [1.82, 2.24) is 9.80 Å². The second-order valence-corrected chi connectivity index (χ2v) is 10.3. The van der Waals surface area contributed by atoms with Crippen molar-refractivity contribution in [2.24, 2.45) is 11.8 Å². The number of hydrogen-bond acceptors (Lipinski definition) is 6. The van der Waals surface area contributed by atoms with Gasteiger partial charge in [0.15, 0.2) is 0 Å². The first-order valence-electron chi connectivity index (χ1n) is 13.1. The minimum atomic E-state index is -0.306. The quantitative estimate of drug-likeness (QED) is 0.366. The van der Waals surface area contributed by atoms with E-state index in [-0.39, 0.29) is 12.1 Å². The summed E-state index contributed by atoms with van der Waals surface area (Å²) in [5.74, 6) is 2.90. The molecule has 0 amide bonds. The summed E-state index contributed by atoms with van der Waals surface area (Å²) in [6.07, 6.45) is 2.04. The van der Waals surface area contributed by atoms with Crippen molar-refractivity contribution < 1.29 is 9.47 Å². The molecule has 0 bridgehead atoms. The fraction of sp³-hybridized carbons (Fsp3) is 0.533. The Morgan fingerprint density at radius 1 is 0.639 bits per heavy atom. The Balaban J connectivity index is 1.54. The maximum Gasteiger partial charge on any atom is 0.123 e. The van der Waals surface area contributed by atoms with Gasteiger partial charge in [0.05, 0.1) is 25.4 Å². The van der Waals surface area contributed by atoms with Crippen LogP contribution in [0, 0.1) is 34.5 Å². The van der Waals surface area contributed by atoms with Crippen molar-refractivity contribution >= 4 is 0 Å². The lowest BCUT2D eigenvalue weighted by Crippen LogP contribution is -2.48. The third kappa shape index (κ3) is 7.98. The van der Waals surface area contributed by atoms with E-state index in [0.29, 0.717) is 25.0 Å². The van der Waals surface area contributed by atoms with Gasteiger partial charge in [0.2, 0.25) is 0 Å². The van der Waals surface area contributed by atoms with E-state index in [1.807, 2.05) is 48.5 Å². The molecule has 1 heterocycles. The van der Waals surface area contributed by atoms with Crippen LogP contribution in [0.1, 0.15) is 63.7 Å². The molecule has 0 N–H and O–H groups in total. The molecule has 0 saturated carbocycles. The van der Waals surface area contributed by atoms with Gasteiger partial charge in [-0.25, -0.2) is 0 Å². The van der Waals surface area contributed by atoms with Gasteiger partial charge < -0.3 is 9.47 Å². The van der Waals surface area contributed by atoms with Crippen molar-refractivity contribution in [2.75, 3.05) is 39.4 Å². The smallest absolute Gasteiger partial charge is 0.123 e. The number of nitriles is 2. The highest BCUT2D eigenvalue weighted by Gasteiger charge is 2.29. The molecule has 1 aliphatic rings. The van der Waals surface area contributed by atoms with Crippen LogP contribution >= 0.6 is 0 Å². The maximum absolute atomic E-state index is 9.92. The Morgan fingerprint density at radius 2 is 0.972 bits per heavy atom. The first kappa shape index (κ1) is 27.5. The summed E-state index contributed by atoms with van der Waals surface area (Å²) in [7, 11) is 0. The molecule has 6 nitrogen and oxygen atoms in total. The number of nitrogens with zero attached hydrogens (tertiary/aromatic N) is 4. The molecule has 6 heteroatoms. The molecular weight excluding hydrogens is 448 g/mol. The topological polar surface area (TPSA) is 72.5 Å². The Hall–Kier alpha value is -3.06. The van der Waals surface area contributed by atoms with Crippen LogP contribution in [-0.2, 0) is 0 Å². The summed E-state index contributed by atoms with van der Waals surface area (Å²) in [6.45, 7) is 13.1. The molecule has 2 unspecified atom stereocenters. The van der Waals surface area contributed by atoms with Crippen LogP contribution < -0.4 is 9.47 Å². The van der Waals surface area contributed by atoms with Gasteiger partial charge in [-0.1, -0.05) is 52.0 Å². The number of rotatable bonds is 12. The maximum atomic E-state index is 9.92. The Kier molecular flexibility index (Phi) is 10.6. The van der Waals surface area contributed by atoms with Crippen molar-refractivity contribution in [3.63, 3.8) is 0 Å². The minimum Gasteiger partial charge on any atom is -0.494 e. The molecule has 3 rings (SSSR count). The van der Waals surface area contributed by atoms with Crippen LogP contribution in [0.5, 0.6) is 11.5 Å². The predicted molar refractivity (Wildman–Crippen MR) is 143 cm³/mol. The predicted octanol–water partition coefficient (Wildman–Crippen LogP) is 5.98. The molecule has 0 radical (unpaired) electrons. The first-order chi connectivity index (χ1) is 17.4. The van der Waals surface area contributed by atoms with Crippen molar-refractivity contribution in [2.45, 2.75) is 52.6 Å². The van der Waals surface area contributed by atoms with E-state index in [9.17, 15) is 10.5 Å². The van der Waals surface area contributed by atoms with E-state index in [2.05, 4.69) is 49.6 Å². The standard InChI is InChI=1S/C30H40N4O2/c1-23(2)13-19-35-27-9-5-25(6-10-27)29(21-31)33-15-17-34(18-16-33)30(22-32)26-7-11-28(12-8-26)36-20-14-24(3)4/h5-12,23-24,29-30H,13-20H2,1-4H3. The first-order valence-corrected chi connectivity index (χ1v) is 13.1. The number of ether oxygens (including phenoxy) is 2. The van der Waals surface area contributed by atoms with E-state index in [0.717, 1.165) is 61.6 Å². The van der Waals surface area contributed by atoms with Crippen molar-refractivity contribution in [3.8, 4) is 23.6 Å². The molecule has 1 aliphatic heterocycles.